The highest BCUT2D eigenvalue weighted by molar-refractivity contribution is 5.91. The van der Waals surface area contributed by atoms with Crippen molar-refractivity contribution in [3.8, 4) is 29.1 Å². The number of amides is 1. The summed E-state index contributed by atoms with van der Waals surface area (Å²) in [4.78, 5) is 32.9. The maximum absolute atomic E-state index is 13.5. The zero-order valence-corrected chi connectivity index (χ0v) is 20.2. The summed E-state index contributed by atoms with van der Waals surface area (Å²) < 4.78 is 13.5. The second-order valence-corrected chi connectivity index (χ2v) is 9.16. The van der Waals surface area contributed by atoms with Gasteiger partial charge >= 0.3 is 5.69 Å². The average Bonchev–Trinajstić information content (AvgIpc) is 3.59. The van der Waals surface area contributed by atoms with Gasteiger partial charge in [0.25, 0.3) is 0 Å². The number of carbonyl (C=O) groups is 1. The first-order chi connectivity index (χ1) is 18.0. The van der Waals surface area contributed by atoms with Gasteiger partial charge in [-0.2, -0.15) is 5.26 Å². The molecule has 0 spiro atoms. The highest BCUT2D eigenvalue weighted by Crippen LogP contribution is 2.49. The van der Waals surface area contributed by atoms with Crippen LogP contribution in [0, 0.1) is 11.3 Å². The van der Waals surface area contributed by atoms with Crippen molar-refractivity contribution in [2.75, 3.05) is 20.8 Å². The molecule has 2 aromatic carbocycles. The molecule has 2 unspecified atom stereocenters. The lowest BCUT2D eigenvalue weighted by molar-refractivity contribution is -0.132. The van der Waals surface area contributed by atoms with Gasteiger partial charge in [0.2, 0.25) is 11.8 Å². The summed E-state index contributed by atoms with van der Waals surface area (Å²) in [6.07, 6.45) is 2.31. The second-order valence-electron chi connectivity index (χ2n) is 9.16. The Balaban J connectivity index is 1.36. The van der Waals surface area contributed by atoms with E-state index in [2.05, 4.69) is 11.1 Å². The van der Waals surface area contributed by atoms with E-state index in [9.17, 15) is 20.0 Å². The van der Waals surface area contributed by atoms with E-state index in [1.54, 1.807) is 66.3 Å². The zero-order valence-electron chi connectivity index (χ0n) is 20.2. The lowest BCUT2D eigenvalue weighted by atomic mass is 10.1. The Hall–Kier alpha value is -4.78. The molecule has 1 fully saturated rings. The van der Waals surface area contributed by atoms with Crippen molar-refractivity contribution in [2.24, 2.45) is 0 Å². The fraction of sp³-hybridized carbons (Fsp3) is 0.259. The fourth-order valence-corrected chi connectivity index (χ4v) is 5.65. The number of carbonyl (C=O) groups excluding carboxylic acids is 1. The molecule has 4 heterocycles. The first-order valence-corrected chi connectivity index (χ1v) is 11.8. The number of aromatic nitrogens is 3. The van der Waals surface area contributed by atoms with E-state index in [0.29, 0.717) is 52.3 Å². The Kier molecular flexibility index (Phi) is 5.15. The van der Waals surface area contributed by atoms with Crippen molar-refractivity contribution >= 4 is 16.8 Å². The van der Waals surface area contributed by atoms with Crippen LogP contribution in [0.4, 0.5) is 0 Å². The number of methoxy groups -OCH3 is 2. The predicted octanol–water partition coefficient (Wildman–Crippen LogP) is 2.85. The highest BCUT2D eigenvalue weighted by Gasteiger charge is 2.49. The standard InChI is InChI=1S/C27H23N5O5/c1-36-21-8-5-15(10-22(21)37-2)11-23(33)30-14-17-12-20(30)25-26(34)32(27(35)31(17)25)19-7-6-16(13-28)24-18(19)4-3-9-29-24/h3-10,17,20,34H,11-12,14H2,1-2H3. The van der Waals surface area contributed by atoms with Gasteiger partial charge in [-0.1, -0.05) is 6.07 Å². The van der Waals surface area contributed by atoms with Crippen LogP contribution in [0.2, 0.25) is 0 Å². The molecule has 2 bridgehead atoms. The number of ether oxygens (including phenoxy) is 2. The molecule has 1 N–H and O–H groups in total. The molecule has 0 aliphatic carbocycles. The molecule has 1 saturated heterocycles. The van der Waals surface area contributed by atoms with Crippen LogP contribution in [0.3, 0.4) is 0 Å². The quantitative estimate of drug-likeness (QED) is 0.450. The van der Waals surface area contributed by atoms with E-state index in [4.69, 9.17) is 9.47 Å². The Bertz CT molecular complexity index is 1680. The van der Waals surface area contributed by atoms with Gasteiger partial charge in [0, 0.05) is 18.1 Å². The minimum absolute atomic E-state index is 0.0985. The Labute approximate surface area is 211 Å². The molecule has 6 rings (SSSR count). The van der Waals surface area contributed by atoms with Gasteiger partial charge in [0.05, 0.1) is 49.5 Å². The highest BCUT2D eigenvalue weighted by atomic mass is 16.5. The summed E-state index contributed by atoms with van der Waals surface area (Å²) >= 11 is 0. The average molecular weight is 498 g/mol. The van der Waals surface area contributed by atoms with E-state index in [1.807, 2.05) is 6.07 Å². The molecule has 1 amide bonds. The van der Waals surface area contributed by atoms with Crippen LogP contribution in [0.25, 0.3) is 16.6 Å². The van der Waals surface area contributed by atoms with Crippen molar-refractivity contribution in [2.45, 2.75) is 24.9 Å². The van der Waals surface area contributed by atoms with E-state index in [0.717, 1.165) is 5.56 Å². The van der Waals surface area contributed by atoms with Gasteiger partial charge in [-0.05, 0) is 48.4 Å². The SMILES string of the molecule is COc1ccc(CC(=O)N2CC3CC2c2c(O)n(-c4ccc(C#N)c5ncccc45)c(=O)n23)cc1OC. The molecule has 0 radical (unpaired) electrons. The molecule has 37 heavy (non-hydrogen) atoms. The lowest BCUT2D eigenvalue weighted by Crippen LogP contribution is -2.38. The molecular formula is C27H23N5O5. The molecule has 4 aromatic rings. The summed E-state index contributed by atoms with van der Waals surface area (Å²) in [5, 5.41) is 21.3. The van der Waals surface area contributed by atoms with Gasteiger partial charge in [-0.25, -0.2) is 9.36 Å². The van der Waals surface area contributed by atoms with Crippen molar-refractivity contribution in [3.63, 3.8) is 0 Å². The summed E-state index contributed by atoms with van der Waals surface area (Å²) in [6.45, 7) is 0.392. The number of pyridine rings is 1. The number of imidazole rings is 1. The maximum Gasteiger partial charge on any atom is 0.336 e. The summed E-state index contributed by atoms with van der Waals surface area (Å²) in [5.74, 6) is 0.831. The molecule has 2 aliphatic heterocycles. The third kappa shape index (κ3) is 3.27. The zero-order chi connectivity index (χ0) is 25.8. The molecule has 186 valence electrons. The van der Waals surface area contributed by atoms with E-state index in [1.165, 1.54) is 4.57 Å². The number of hydrogen-bond acceptors (Lipinski definition) is 7. The Morgan fingerprint density at radius 1 is 1.19 bits per heavy atom. The normalized spacial score (nSPS) is 17.6. The number of rotatable bonds is 5. The molecule has 10 nitrogen and oxygen atoms in total. The maximum atomic E-state index is 13.5. The van der Waals surface area contributed by atoms with Crippen molar-refractivity contribution in [3.05, 3.63) is 76.0 Å². The molecule has 10 heteroatoms. The lowest BCUT2D eigenvalue weighted by Gasteiger charge is -2.28. The number of fused-ring (bicyclic) bond motifs is 6. The summed E-state index contributed by atoms with van der Waals surface area (Å²) in [6, 6.07) is 13.6. The van der Waals surface area contributed by atoms with Gasteiger partial charge in [0.1, 0.15) is 11.8 Å². The van der Waals surface area contributed by atoms with Crippen molar-refractivity contribution in [1.82, 2.24) is 19.0 Å². The van der Waals surface area contributed by atoms with Gasteiger partial charge in [-0.3, -0.25) is 14.3 Å². The third-order valence-corrected chi connectivity index (χ3v) is 7.29. The van der Waals surface area contributed by atoms with Crippen LogP contribution >= 0.6 is 0 Å². The van der Waals surface area contributed by atoms with Gasteiger partial charge in [0.15, 0.2) is 11.5 Å². The molecule has 0 saturated carbocycles. The largest absolute Gasteiger partial charge is 0.493 e. The number of hydrogen-bond donors (Lipinski definition) is 1. The van der Waals surface area contributed by atoms with Gasteiger partial charge in [-0.15, -0.1) is 0 Å². The van der Waals surface area contributed by atoms with Gasteiger partial charge < -0.3 is 19.5 Å². The second kappa shape index (κ2) is 8.41. The number of benzene rings is 2. The molecule has 2 atom stereocenters. The third-order valence-electron chi connectivity index (χ3n) is 7.29. The van der Waals surface area contributed by atoms with Crippen molar-refractivity contribution in [1.29, 1.82) is 5.26 Å². The van der Waals surface area contributed by atoms with Crippen molar-refractivity contribution < 1.29 is 19.4 Å². The van der Waals surface area contributed by atoms with Crippen LogP contribution in [-0.4, -0.2) is 50.8 Å². The van der Waals surface area contributed by atoms with E-state index < -0.39 is 6.04 Å². The number of likely N-dealkylation sites (tertiary alicyclic amines) is 1. The molecule has 2 aromatic heterocycles. The molecule has 2 aliphatic rings. The fourth-order valence-electron chi connectivity index (χ4n) is 5.65. The van der Waals surface area contributed by atoms with Crippen LogP contribution in [0.1, 0.15) is 35.3 Å². The first kappa shape index (κ1) is 22.7. The van der Waals surface area contributed by atoms with Crippen LogP contribution in [0.15, 0.2) is 53.5 Å². The first-order valence-electron chi connectivity index (χ1n) is 11.8. The summed E-state index contributed by atoms with van der Waals surface area (Å²) in [5.41, 5.74) is 2.11. The minimum atomic E-state index is -0.408. The van der Waals surface area contributed by atoms with E-state index >= 15 is 0 Å². The Morgan fingerprint density at radius 2 is 2.00 bits per heavy atom. The number of nitriles is 1. The van der Waals surface area contributed by atoms with Crippen LogP contribution in [0.5, 0.6) is 17.4 Å². The monoisotopic (exact) mass is 497 g/mol. The number of nitrogens with zero attached hydrogens (tertiary/aromatic N) is 5. The number of aromatic hydroxyl groups is 1. The Morgan fingerprint density at radius 3 is 2.76 bits per heavy atom. The van der Waals surface area contributed by atoms with Crippen LogP contribution in [-0.2, 0) is 11.2 Å². The smallest absolute Gasteiger partial charge is 0.336 e. The summed E-state index contributed by atoms with van der Waals surface area (Å²) in [7, 11) is 3.10. The predicted molar refractivity (Wildman–Crippen MR) is 133 cm³/mol. The van der Waals surface area contributed by atoms with Crippen LogP contribution < -0.4 is 15.2 Å². The minimum Gasteiger partial charge on any atom is -0.493 e. The van der Waals surface area contributed by atoms with E-state index in [-0.39, 0.29) is 29.9 Å². The topological polar surface area (TPSA) is 123 Å². The molecular weight excluding hydrogens is 474 g/mol.